The van der Waals surface area contributed by atoms with Gasteiger partial charge in [0, 0.05) is 25.5 Å². The second-order valence-corrected chi connectivity index (χ2v) is 6.31. The average molecular weight is 410 g/mol. The fraction of sp³-hybridized carbons (Fsp3) is 0.0769. The van der Waals surface area contributed by atoms with Crippen LogP contribution in [0.3, 0.4) is 0 Å². The van der Waals surface area contributed by atoms with Crippen molar-refractivity contribution in [3.05, 3.63) is 61.0 Å². The Kier molecular flexibility index (Phi) is 4.96. The molecule has 0 aromatic heterocycles. The van der Waals surface area contributed by atoms with E-state index in [-0.39, 0.29) is 0 Å². The molecule has 1 nitrogen and oxygen atoms in total. The molecule has 0 saturated carbocycles. The van der Waals surface area contributed by atoms with Crippen molar-refractivity contribution >= 4 is 60.7 Å². The monoisotopic (exact) mass is 407 g/mol. The minimum Gasteiger partial charge on any atom is -0.379 e. The maximum absolute atomic E-state index is 5.96. The smallest absolute Gasteiger partial charge is 0.0631 e. The zero-order chi connectivity index (χ0) is 13.1. The summed E-state index contributed by atoms with van der Waals surface area (Å²) < 4.78 is 2.01. The van der Waals surface area contributed by atoms with Crippen LogP contribution in [0.15, 0.2) is 45.3 Å². The molecular weight excluding hydrogens is 401 g/mol. The van der Waals surface area contributed by atoms with Crippen LogP contribution in [0.25, 0.3) is 0 Å². The summed E-state index contributed by atoms with van der Waals surface area (Å²) in [5.74, 6) is 0. The molecule has 0 aliphatic carbocycles. The topological polar surface area (TPSA) is 12.0 Å². The summed E-state index contributed by atoms with van der Waals surface area (Å²) in [6.07, 6.45) is 0. The van der Waals surface area contributed by atoms with Gasteiger partial charge < -0.3 is 5.32 Å². The van der Waals surface area contributed by atoms with Crippen molar-refractivity contribution < 1.29 is 0 Å². The molecule has 0 atom stereocenters. The lowest BCUT2D eigenvalue weighted by Crippen LogP contribution is -2.00. The summed E-state index contributed by atoms with van der Waals surface area (Å²) in [4.78, 5) is 0. The SMILES string of the molecule is Clc1cc(Cl)cc(CNc2c(Br)cccc2Br)c1. The highest BCUT2D eigenvalue weighted by molar-refractivity contribution is 9.11. The van der Waals surface area contributed by atoms with Crippen LogP contribution in [0.1, 0.15) is 5.56 Å². The number of hydrogen-bond donors (Lipinski definition) is 1. The summed E-state index contributed by atoms with van der Waals surface area (Å²) in [5, 5.41) is 4.63. The third-order valence-electron chi connectivity index (χ3n) is 2.35. The molecule has 0 unspecified atom stereocenters. The Morgan fingerprint density at radius 1 is 0.944 bits per heavy atom. The van der Waals surface area contributed by atoms with Crippen LogP contribution in [0.2, 0.25) is 10.0 Å². The van der Waals surface area contributed by atoms with E-state index in [1.165, 1.54) is 0 Å². The molecule has 0 saturated heterocycles. The van der Waals surface area contributed by atoms with Crippen LogP contribution < -0.4 is 5.32 Å². The molecule has 94 valence electrons. The molecule has 0 radical (unpaired) electrons. The fourth-order valence-electron chi connectivity index (χ4n) is 1.57. The molecule has 1 N–H and O–H groups in total. The van der Waals surface area contributed by atoms with E-state index in [0.29, 0.717) is 16.6 Å². The highest BCUT2D eigenvalue weighted by atomic mass is 79.9. The largest absolute Gasteiger partial charge is 0.379 e. The Bertz CT molecular complexity index is 532. The van der Waals surface area contributed by atoms with Gasteiger partial charge in [-0.3, -0.25) is 0 Å². The number of benzene rings is 2. The Balaban J connectivity index is 2.16. The van der Waals surface area contributed by atoms with E-state index in [2.05, 4.69) is 37.2 Å². The number of nitrogens with one attached hydrogen (secondary N) is 1. The zero-order valence-electron chi connectivity index (χ0n) is 9.18. The van der Waals surface area contributed by atoms with Crippen molar-refractivity contribution in [3.8, 4) is 0 Å². The van der Waals surface area contributed by atoms with Crippen molar-refractivity contribution in [2.75, 3.05) is 5.32 Å². The van der Waals surface area contributed by atoms with E-state index in [9.17, 15) is 0 Å². The van der Waals surface area contributed by atoms with Crippen molar-refractivity contribution in [2.24, 2.45) is 0 Å². The van der Waals surface area contributed by atoms with Gasteiger partial charge in [0.15, 0.2) is 0 Å². The molecule has 0 aliphatic heterocycles. The van der Waals surface area contributed by atoms with Gasteiger partial charge in [0.1, 0.15) is 0 Å². The fourth-order valence-corrected chi connectivity index (χ4v) is 3.42. The van der Waals surface area contributed by atoms with Gasteiger partial charge in [0.05, 0.1) is 5.69 Å². The predicted molar refractivity (Wildman–Crippen MR) is 85.6 cm³/mol. The number of halogens is 4. The van der Waals surface area contributed by atoms with Gasteiger partial charge in [0.25, 0.3) is 0 Å². The minimum atomic E-state index is 0.644. The Morgan fingerprint density at radius 3 is 2.06 bits per heavy atom. The number of para-hydroxylation sites is 1. The lowest BCUT2D eigenvalue weighted by Gasteiger charge is -2.11. The molecule has 0 heterocycles. The molecule has 0 bridgehead atoms. The molecule has 0 aliphatic rings. The molecule has 0 spiro atoms. The summed E-state index contributed by atoms with van der Waals surface area (Å²) in [5.41, 5.74) is 2.05. The second-order valence-electron chi connectivity index (χ2n) is 3.73. The summed E-state index contributed by atoms with van der Waals surface area (Å²) >= 11 is 18.9. The summed E-state index contributed by atoms with van der Waals surface area (Å²) in [7, 11) is 0. The Morgan fingerprint density at radius 2 is 1.50 bits per heavy atom. The van der Waals surface area contributed by atoms with Gasteiger partial charge in [-0.15, -0.1) is 0 Å². The van der Waals surface area contributed by atoms with E-state index in [0.717, 1.165) is 20.2 Å². The maximum Gasteiger partial charge on any atom is 0.0631 e. The van der Waals surface area contributed by atoms with Gasteiger partial charge in [0.2, 0.25) is 0 Å². The van der Waals surface area contributed by atoms with Crippen LogP contribution in [0, 0.1) is 0 Å². The van der Waals surface area contributed by atoms with E-state index in [1.807, 2.05) is 30.3 Å². The van der Waals surface area contributed by atoms with Gasteiger partial charge in [-0.1, -0.05) is 29.3 Å². The molecule has 2 rings (SSSR count). The first-order valence-corrected chi connectivity index (χ1v) is 7.53. The molecule has 2 aromatic carbocycles. The third-order valence-corrected chi connectivity index (χ3v) is 4.11. The summed E-state index contributed by atoms with van der Waals surface area (Å²) in [6.45, 7) is 0.654. The first kappa shape index (κ1) is 14.2. The molecule has 0 fully saturated rings. The quantitative estimate of drug-likeness (QED) is 0.642. The number of anilines is 1. The lowest BCUT2D eigenvalue weighted by molar-refractivity contribution is 1.14. The third kappa shape index (κ3) is 3.64. The summed E-state index contributed by atoms with van der Waals surface area (Å²) in [6, 6.07) is 11.4. The lowest BCUT2D eigenvalue weighted by atomic mass is 10.2. The zero-order valence-corrected chi connectivity index (χ0v) is 13.9. The first-order valence-electron chi connectivity index (χ1n) is 5.19. The molecule has 5 heteroatoms. The molecular formula is C13H9Br2Cl2N. The second kappa shape index (κ2) is 6.29. The van der Waals surface area contributed by atoms with Crippen LogP contribution in [0.4, 0.5) is 5.69 Å². The van der Waals surface area contributed by atoms with Crippen molar-refractivity contribution in [1.82, 2.24) is 0 Å². The van der Waals surface area contributed by atoms with E-state index >= 15 is 0 Å². The maximum atomic E-state index is 5.96. The van der Waals surface area contributed by atoms with Gasteiger partial charge in [-0.05, 0) is 67.8 Å². The van der Waals surface area contributed by atoms with Crippen LogP contribution in [-0.2, 0) is 6.54 Å². The molecule has 18 heavy (non-hydrogen) atoms. The van der Waals surface area contributed by atoms with E-state index in [4.69, 9.17) is 23.2 Å². The van der Waals surface area contributed by atoms with Gasteiger partial charge in [-0.2, -0.15) is 0 Å². The number of hydrogen-bond acceptors (Lipinski definition) is 1. The predicted octanol–water partition coefficient (Wildman–Crippen LogP) is 6.13. The van der Waals surface area contributed by atoms with Crippen molar-refractivity contribution in [1.29, 1.82) is 0 Å². The first-order chi connectivity index (χ1) is 8.56. The van der Waals surface area contributed by atoms with Gasteiger partial charge >= 0.3 is 0 Å². The Hall–Kier alpha value is -0.220. The highest BCUT2D eigenvalue weighted by Gasteiger charge is 2.04. The minimum absolute atomic E-state index is 0.644. The van der Waals surface area contributed by atoms with E-state index < -0.39 is 0 Å². The standard InChI is InChI=1S/C13H9Br2Cl2N/c14-11-2-1-3-12(15)13(11)18-7-8-4-9(16)6-10(17)5-8/h1-6,18H,7H2. The van der Waals surface area contributed by atoms with E-state index in [1.54, 1.807) is 6.07 Å². The Labute approximate surface area is 133 Å². The highest BCUT2D eigenvalue weighted by Crippen LogP contribution is 2.31. The average Bonchev–Trinajstić information content (AvgIpc) is 2.27. The molecule has 0 amide bonds. The van der Waals surface area contributed by atoms with Crippen molar-refractivity contribution in [2.45, 2.75) is 6.54 Å². The van der Waals surface area contributed by atoms with Gasteiger partial charge in [-0.25, -0.2) is 0 Å². The van der Waals surface area contributed by atoms with Crippen LogP contribution >= 0.6 is 55.1 Å². The molecule has 2 aromatic rings. The normalized spacial score (nSPS) is 10.4. The van der Waals surface area contributed by atoms with Crippen molar-refractivity contribution in [3.63, 3.8) is 0 Å². The van der Waals surface area contributed by atoms with Crippen LogP contribution in [0.5, 0.6) is 0 Å². The number of rotatable bonds is 3. The van der Waals surface area contributed by atoms with Crippen LogP contribution in [-0.4, -0.2) is 0 Å².